The number of non-ortho nitro benzene ring substituents is 1. The highest BCUT2D eigenvalue weighted by Gasteiger charge is 2.21. The summed E-state index contributed by atoms with van der Waals surface area (Å²) in [6.07, 6.45) is -1.17. The normalized spacial score (nSPS) is 11.6. The van der Waals surface area contributed by atoms with Crippen LogP contribution in [0.1, 0.15) is 37.8 Å². The van der Waals surface area contributed by atoms with Crippen molar-refractivity contribution in [1.82, 2.24) is 0 Å². The van der Waals surface area contributed by atoms with Gasteiger partial charge in [-0.1, -0.05) is 25.4 Å². The fourth-order valence-electron chi connectivity index (χ4n) is 2.81. The van der Waals surface area contributed by atoms with Crippen LogP contribution in [0.2, 0.25) is 5.02 Å². The Morgan fingerprint density at radius 2 is 1.84 bits per heavy atom. The van der Waals surface area contributed by atoms with Gasteiger partial charge in [-0.05, 0) is 49.1 Å². The van der Waals surface area contributed by atoms with Crippen LogP contribution in [0.15, 0.2) is 30.3 Å². The van der Waals surface area contributed by atoms with E-state index in [0.717, 1.165) is 17.2 Å². The first kappa shape index (κ1) is 24.9. The summed E-state index contributed by atoms with van der Waals surface area (Å²) >= 11 is 6.17. The Kier molecular flexibility index (Phi) is 8.42. The van der Waals surface area contributed by atoms with E-state index in [1.54, 1.807) is 12.1 Å². The number of nitro groups is 1. The summed E-state index contributed by atoms with van der Waals surface area (Å²) in [4.78, 5) is 35.0. The Bertz CT molecular complexity index is 1020. The van der Waals surface area contributed by atoms with Gasteiger partial charge in [0.25, 0.3) is 11.6 Å². The average Bonchev–Trinajstić information content (AvgIpc) is 2.73. The van der Waals surface area contributed by atoms with Gasteiger partial charge in [0.15, 0.2) is 12.7 Å². The van der Waals surface area contributed by atoms with E-state index < -0.39 is 29.5 Å². The number of benzene rings is 2. The van der Waals surface area contributed by atoms with Gasteiger partial charge in [-0.25, -0.2) is 4.79 Å². The van der Waals surface area contributed by atoms with Gasteiger partial charge in [-0.3, -0.25) is 14.9 Å². The molecule has 0 bridgehead atoms. The minimum Gasteiger partial charge on any atom is -0.495 e. The van der Waals surface area contributed by atoms with Crippen molar-refractivity contribution in [3.8, 4) is 11.5 Å². The van der Waals surface area contributed by atoms with Gasteiger partial charge in [0.05, 0.1) is 17.7 Å². The molecule has 1 N–H and O–H groups in total. The average molecular weight is 465 g/mol. The highest BCUT2D eigenvalue weighted by Crippen LogP contribution is 2.32. The maximum atomic E-state index is 12.4. The number of amides is 1. The van der Waals surface area contributed by atoms with Gasteiger partial charge in [0.2, 0.25) is 0 Å². The predicted molar refractivity (Wildman–Crippen MR) is 120 cm³/mol. The zero-order valence-electron chi connectivity index (χ0n) is 18.4. The van der Waals surface area contributed by atoms with Crippen LogP contribution < -0.4 is 14.8 Å². The standard InChI is InChI=1S/C22H25ClN2O7/c1-12(2)16-10-17(23)13(3)8-20(16)31-11-21(26)32-14(4)22(27)24-18-9-15(25(28)29)6-7-19(18)30-5/h6-10,12,14H,11H2,1-5H3,(H,24,27). The second kappa shape index (κ2) is 10.8. The number of carbonyl (C=O) groups excluding carboxylic acids is 2. The zero-order chi connectivity index (χ0) is 24.0. The van der Waals surface area contributed by atoms with Crippen molar-refractivity contribution in [2.75, 3.05) is 19.0 Å². The third kappa shape index (κ3) is 6.34. The van der Waals surface area contributed by atoms with Crippen LogP contribution in [0.3, 0.4) is 0 Å². The molecule has 2 rings (SSSR count). The number of esters is 1. The minimum absolute atomic E-state index is 0.0871. The Labute approximate surface area is 190 Å². The summed E-state index contributed by atoms with van der Waals surface area (Å²) in [5.74, 6) is -0.570. The molecule has 32 heavy (non-hydrogen) atoms. The van der Waals surface area contributed by atoms with Crippen molar-refractivity contribution in [1.29, 1.82) is 0 Å². The molecule has 0 radical (unpaired) electrons. The number of nitrogens with zero attached hydrogens (tertiary/aromatic N) is 1. The molecule has 0 aliphatic rings. The molecule has 2 aromatic carbocycles. The van der Waals surface area contributed by atoms with Crippen molar-refractivity contribution in [2.45, 2.75) is 39.7 Å². The summed E-state index contributed by atoms with van der Waals surface area (Å²) in [6, 6.07) is 7.31. The molecule has 172 valence electrons. The monoisotopic (exact) mass is 464 g/mol. The van der Waals surface area contributed by atoms with Gasteiger partial charge < -0.3 is 19.5 Å². The number of hydrogen-bond donors (Lipinski definition) is 1. The van der Waals surface area contributed by atoms with Gasteiger partial charge >= 0.3 is 5.97 Å². The summed E-state index contributed by atoms with van der Waals surface area (Å²) in [5, 5.41) is 14.0. The van der Waals surface area contributed by atoms with Crippen molar-refractivity contribution >= 4 is 34.9 Å². The van der Waals surface area contributed by atoms with Crippen molar-refractivity contribution in [3.05, 3.63) is 56.6 Å². The molecule has 0 aliphatic carbocycles. The van der Waals surface area contributed by atoms with Gasteiger partial charge in [-0.15, -0.1) is 0 Å². The van der Waals surface area contributed by atoms with Crippen molar-refractivity contribution in [2.24, 2.45) is 0 Å². The number of halogens is 1. The van der Waals surface area contributed by atoms with Crippen LogP contribution in [0.4, 0.5) is 11.4 Å². The molecule has 0 fully saturated rings. The number of ether oxygens (including phenoxy) is 3. The second-order valence-corrected chi connectivity index (χ2v) is 7.75. The van der Waals surface area contributed by atoms with E-state index in [2.05, 4.69) is 5.32 Å². The first-order valence-corrected chi connectivity index (χ1v) is 10.2. The maximum Gasteiger partial charge on any atom is 0.344 e. The Morgan fingerprint density at radius 3 is 2.44 bits per heavy atom. The van der Waals surface area contributed by atoms with Gasteiger partial charge in [0, 0.05) is 17.2 Å². The number of nitro benzene ring substituents is 1. The van der Waals surface area contributed by atoms with E-state index in [9.17, 15) is 19.7 Å². The fourth-order valence-corrected chi connectivity index (χ4v) is 2.98. The highest BCUT2D eigenvalue weighted by atomic mass is 35.5. The Balaban J connectivity index is 2.01. The van der Waals surface area contributed by atoms with E-state index in [1.165, 1.54) is 26.2 Å². The highest BCUT2D eigenvalue weighted by molar-refractivity contribution is 6.31. The first-order chi connectivity index (χ1) is 15.0. The lowest BCUT2D eigenvalue weighted by Crippen LogP contribution is -2.31. The van der Waals surface area contributed by atoms with Crippen LogP contribution in [-0.2, 0) is 14.3 Å². The SMILES string of the molecule is COc1ccc([N+](=O)[O-])cc1NC(=O)C(C)OC(=O)COc1cc(C)c(Cl)cc1C(C)C. The number of anilines is 1. The fraction of sp³-hybridized carbons (Fsp3) is 0.364. The zero-order valence-corrected chi connectivity index (χ0v) is 19.2. The minimum atomic E-state index is -1.17. The molecule has 10 heteroatoms. The summed E-state index contributed by atoms with van der Waals surface area (Å²) in [5.41, 5.74) is 1.51. The summed E-state index contributed by atoms with van der Waals surface area (Å²) in [6.45, 7) is 6.75. The number of carbonyl (C=O) groups is 2. The lowest BCUT2D eigenvalue weighted by atomic mass is 10.0. The molecule has 0 heterocycles. The van der Waals surface area contributed by atoms with Crippen molar-refractivity contribution in [3.63, 3.8) is 0 Å². The lowest BCUT2D eigenvalue weighted by Gasteiger charge is -2.17. The first-order valence-electron chi connectivity index (χ1n) is 9.79. The quantitative estimate of drug-likeness (QED) is 0.326. The second-order valence-electron chi connectivity index (χ2n) is 7.35. The number of nitrogens with one attached hydrogen (secondary N) is 1. The topological polar surface area (TPSA) is 117 Å². The molecule has 1 unspecified atom stereocenters. The smallest absolute Gasteiger partial charge is 0.344 e. The van der Waals surface area contributed by atoms with Gasteiger partial charge in [-0.2, -0.15) is 0 Å². The largest absolute Gasteiger partial charge is 0.495 e. The number of rotatable bonds is 9. The van der Waals surface area contributed by atoms with E-state index in [-0.39, 0.29) is 23.0 Å². The third-order valence-corrected chi connectivity index (χ3v) is 4.99. The van der Waals surface area contributed by atoms with Crippen LogP contribution in [0.5, 0.6) is 11.5 Å². The molecule has 1 atom stereocenters. The molecule has 2 aromatic rings. The van der Waals surface area contributed by atoms with Crippen molar-refractivity contribution < 1.29 is 28.7 Å². The molecule has 0 saturated heterocycles. The van der Waals surface area contributed by atoms with Crippen LogP contribution >= 0.6 is 11.6 Å². The van der Waals surface area contributed by atoms with E-state index >= 15 is 0 Å². The van der Waals surface area contributed by atoms with Crippen LogP contribution in [-0.4, -0.2) is 36.6 Å². The van der Waals surface area contributed by atoms with E-state index in [0.29, 0.717) is 10.8 Å². The molecule has 9 nitrogen and oxygen atoms in total. The summed E-state index contributed by atoms with van der Waals surface area (Å²) < 4.78 is 15.9. The molecule has 0 aliphatic heterocycles. The molecule has 0 saturated carbocycles. The number of hydrogen-bond acceptors (Lipinski definition) is 7. The molecule has 1 amide bonds. The summed E-state index contributed by atoms with van der Waals surface area (Å²) in [7, 11) is 1.36. The van der Waals surface area contributed by atoms with Crippen LogP contribution in [0, 0.1) is 17.0 Å². The molecular formula is C22H25ClN2O7. The number of aryl methyl sites for hydroxylation is 1. The Hall–Kier alpha value is -3.33. The molecular weight excluding hydrogens is 440 g/mol. The van der Waals surface area contributed by atoms with E-state index in [4.69, 9.17) is 25.8 Å². The predicted octanol–water partition coefficient (Wildman–Crippen LogP) is 4.64. The lowest BCUT2D eigenvalue weighted by molar-refractivity contribution is -0.384. The van der Waals surface area contributed by atoms with Crippen LogP contribution in [0.25, 0.3) is 0 Å². The number of methoxy groups -OCH3 is 1. The third-order valence-electron chi connectivity index (χ3n) is 4.59. The molecule has 0 spiro atoms. The van der Waals surface area contributed by atoms with Gasteiger partial charge in [0.1, 0.15) is 11.5 Å². The maximum absolute atomic E-state index is 12.4. The van der Waals surface area contributed by atoms with E-state index in [1.807, 2.05) is 20.8 Å². The molecule has 0 aromatic heterocycles. The Morgan fingerprint density at radius 1 is 1.16 bits per heavy atom.